The van der Waals surface area contributed by atoms with Gasteiger partial charge in [0.2, 0.25) is 0 Å². The zero-order valence-corrected chi connectivity index (χ0v) is 7.07. The maximum Gasteiger partial charge on any atom is 0.0832 e. The van der Waals surface area contributed by atoms with Gasteiger partial charge in [-0.25, -0.2) is 0 Å². The Morgan fingerprint density at radius 1 is 1.25 bits per heavy atom. The summed E-state index contributed by atoms with van der Waals surface area (Å²) in [4.78, 5) is 3.41. The number of hydrogen-bond donors (Lipinski definition) is 1. The topological polar surface area (TPSA) is 7.68 Å². The first-order valence-corrected chi connectivity index (χ1v) is 4.06. The number of hydrogen-bond acceptors (Lipinski definition) is 1. The van der Waals surface area contributed by atoms with Crippen molar-refractivity contribution >= 4 is 5.69 Å². The van der Waals surface area contributed by atoms with Gasteiger partial charge in [-0.15, -0.1) is 0 Å². The van der Waals surface area contributed by atoms with Crippen LogP contribution < -0.4 is 9.80 Å². The highest BCUT2D eigenvalue weighted by Crippen LogP contribution is 2.14. The number of anilines is 1. The predicted octanol–water partition coefficient (Wildman–Crippen LogP) is 0.612. The van der Waals surface area contributed by atoms with E-state index in [0.29, 0.717) is 0 Å². The molecule has 0 spiro atoms. The summed E-state index contributed by atoms with van der Waals surface area (Å²) in [5, 5.41) is 0. The van der Waals surface area contributed by atoms with Crippen LogP contribution in [0.3, 0.4) is 0 Å². The Labute approximate surface area is 72.7 Å². The van der Waals surface area contributed by atoms with Gasteiger partial charge in [0.1, 0.15) is 0 Å². The van der Waals surface area contributed by atoms with Crippen LogP contribution in [0.5, 0.6) is 0 Å². The van der Waals surface area contributed by atoms with E-state index in [-0.39, 0.29) is 0 Å². The van der Waals surface area contributed by atoms with Crippen LogP contribution in [-0.4, -0.2) is 7.05 Å². The summed E-state index contributed by atoms with van der Waals surface area (Å²) in [7, 11) is 2.10. The molecule has 2 rings (SSSR count). The third kappa shape index (κ3) is 1.34. The third-order valence-electron chi connectivity index (χ3n) is 1.90. The fourth-order valence-corrected chi connectivity index (χ4v) is 1.26. The third-order valence-corrected chi connectivity index (χ3v) is 1.90. The monoisotopic (exact) mass is 160 g/mol. The number of benzene rings is 1. The van der Waals surface area contributed by atoms with Crippen molar-refractivity contribution in [2.24, 2.45) is 0 Å². The van der Waals surface area contributed by atoms with Crippen molar-refractivity contribution in [3.8, 4) is 0 Å². The van der Waals surface area contributed by atoms with Crippen LogP contribution in [0.2, 0.25) is 0 Å². The van der Waals surface area contributed by atoms with Crippen molar-refractivity contribution < 1.29 is 4.90 Å². The van der Waals surface area contributed by atoms with E-state index in [2.05, 4.69) is 43.1 Å². The Morgan fingerprint density at radius 3 is 2.58 bits per heavy atom. The fraction of sp³-hybridized carbons (Fsp3) is 0.100. The molecule has 1 aliphatic heterocycles. The molecule has 1 heterocycles. The Bertz CT molecular complexity index is 279. The first-order chi connectivity index (χ1) is 5.86. The van der Waals surface area contributed by atoms with Gasteiger partial charge in [0, 0.05) is 18.9 Å². The van der Waals surface area contributed by atoms with Crippen LogP contribution in [-0.2, 0) is 0 Å². The molecular weight excluding hydrogens is 148 g/mol. The van der Waals surface area contributed by atoms with Crippen molar-refractivity contribution in [1.82, 2.24) is 0 Å². The van der Waals surface area contributed by atoms with Crippen molar-refractivity contribution in [1.29, 1.82) is 0 Å². The van der Waals surface area contributed by atoms with E-state index >= 15 is 0 Å². The lowest BCUT2D eigenvalue weighted by Crippen LogP contribution is -3.00. The van der Waals surface area contributed by atoms with Gasteiger partial charge in [0.25, 0.3) is 0 Å². The molecule has 0 saturated carbocycles. The normalized spacial score (nSPS) is 21.8. The Morgan fingerprint density at radius 2 is 2.00 bits per heavy atom. The van der Waals surface area contributed by atoms with Crippen LogP contribution in [0.1, 0.15) is 0 Å². The Balaban J connectivity index is 2.18. The highest BCUT2D eigenvalue weighted by Gasteiger charge is 2.03. The minimum Gasteiger partial charge on any atom is -0.442 e. The van der Waals surface area contributed by atoms with Crippen LogP contribution in [0.25, 0.3) is 0 Å². The molecular formula is C10H12N2. The standard InChI is InChI=1S/C10H12N2/c1-11-7-8-12(9-11)10-5-3-2-4-6-10/h2-9,11H,1H3. The number of quaternary nitrogens is 1. The zero-order valence-electron chi connectivity index (χ0n) is 7.07. The summed E-state index contributed by atoms with van der Waals surface area (Å²) in [5.41, 5.74) is 1.21. The van der Waals surface area contributed by atoms with Gasteiger partial charge in [-0.1, -0.05) is 18.2 Å². The SMILES string of the molecule is C[NH+]1C=CN(c2ccccc2)[CH-]1. The molecule has 12 heavy (non-hydrogen) atoms. The highest BCUT2D eigenvalue weighted by molar-refractivity contribution is 5.50. The van der Waals surface area contributed by atoms with Gasteiger partial charge in [-0.05, 0) is 18.8 Å². The lowest BCUT2D eigenvalue weighted by molar-refractivity contribution is -0.785. The molecule has 2 heteroatoms. The average Bonchev–Trinajstić information content (AvgIpc) is 2.54. The second kappa shape index (κ2) is 2.99. The van der Waals surface area contributed by atoms with Crippen molar-refractivity contribution in [2.45, 2.75) is 0 Å². The van der Waals surface area contributed by atoms with Crippen LogP contribution in [0.4, 0.5) is 5.69 Å². The van der Waals surface area contributed by atoms with Crippen molar-refractivity contribution in [2.75, 3.05) is 11.9 Å². The van der Waals surface area contributed by atoms with Crippen LogP contribution >= 0.6 is 0 Å². The van der Waals surface area contributed by atoms with Gasteiger partial charge in [0.15, 0.2) is 0 Å². The highest BCUT2D eigenvalue weighted by atomic mass is 15.3. The maximum absolute atomic E-state index is 2.12. The summed E-state index contributed by atoms with van der Waals surface area (Å²) in [5.74, 6) is 0. The molecule has 2 nitrogen and oxygen atoms in total. The quantitative estimate of drug-likeness (QED) is 0.591. The molecule has 62 valence electrons. The lowest BCUT2D eigenvalue weighted by Gasteiger charge is -2.24. The second-order valence-electron chi connectivity index (χ2n) is 2.93. The number of nitrogens with zero attached hydrogens (tertiary/aromatic N) is 1. The number of para-hydroxylation sites is 1. The summed E-state index contributed by atoms with van der Waals surface area (Å²) in [6, 6.07) is 10.3. The number of nitrogens with one attached hydrogen (secondary N) is 1. The molecule has 0 aliphatic carbocycles. The van der Waals surface area contributed by atoms with Gasteiger partial charge < -0.3 is 9.80 Å². The molecule has 1 aromatic rings. The van der Waals surface area contributed by atoms with Crippen molar-refractivity contribution in [3.05, 3.63) is 49.4 Å². The first kappa shape index (κ1) is 7.37. The van der Waals surface area contributed by atoms with Crippen molar-refractivity contribution in [3.63, 3.8) is 0 Å². The molecule has 0 radical (unpaired) electrons. The molecule has 0 bridgehead atoms. The summed E-state index contributed by atoms with van der Waals surface area (Å²) < 4.78 is 0. The van der Waals surface area contributed by atoms with E-state index in [9.17, 15) is 0 Å². The molecule has 1 N–H and O–H groups in total. The van der Waals surface area contributed by atoms with E-state index in [4.69, 9.17) is 0 Å². The summed E-state index contributed by atoms with van der Waals surface area (Å²) in [6.45, 7) is 2.12. The molecule has 0 amide bonds. The van der Waals surface area contributed by atoms with E-state index in [0.717, 1.165) is 0 Å². The largest absolute Gasteiger partial charge is 0.442 e. The van der Waals surface area contributed by atoms with E-state index in [1.54, 1.807) is 0 Å². The summed E-state index contributed by atoms with van der Waals surface area (Å²) >= 11 is 0. The average molecular weight is 160 g/mol. The first-order valence-electron chi connectivity index (χ1n) is 4.06. The molecule has 1 aliphatic rings. The molecule has 1 unspecified atom stereocenters. The smallest absolute Gasteiger partial charge is 0.0832 e. The maximum atomic E-state index is 2.12. The molecule has 1 aromatic carbocycles. The Hall–Kier alpha value is -1.28. The molecule has 0 fully saturated rings. The lowest BCUT2D eigenvalue weighted by atomic mass is 10.3. The number of rotatable bonds is 1. The van der Waals surface area contributed by atoms with Gasteiger partial charge >= 0.3 is 0 Å². The minimum absolute atomic E-state index is 1.21. The van der Waals surface area contributed by atoms with Gasteiger partial charge in [0.05, 0.1) is 6.20 Å². The zero-order chi connectivity index (χ0) is 8.39. The van der Waals surface area contributed by atoms with Crippen LogP contribution in [0.15, 0.2) is 42.7 Å². The molecule has 0 aromatic heterocycles. The van der Waals surface area contributed by atoms with Gasteiger partial charge in [-0.3, -0.25) is 0 Å². The van der Waals surface area contributed by atoms with E-state index in [1.807, 2.05) is 18.2 Å². The molecule has 1 atom stereocenters. The van der Waals surface area contributed by atoms with E-state index in [1.165, 1.54) is 10.6 Å². The van der Waals surface area contributed by atoms with Crippen LogP contribution in [0, 0.1) is 6.67 Å². The van der Waals surface area contributed by atoms with E-state index < -0.39 is 0 Å². The minimum atomic E-state index is 1.21. The van der Waals surface area contributed by atoms with Gasteiger partial charge in [-0.2, -0.15) is 0 Å². The second-order valence-corrected chi connectivity index (χ2v) is 2.93. The predicted molar refractivity (Wildman–Crippen MR) is 49.2 cm³/mol. The fourth-order valence-electron chi connectivity index (χ4n) is 1.26. The molecule has 0 saturated heterocycles. The Kier molecular flexibility index (Phi) is 1.84. The summed E-state index contributed by atoms with van der Waals surface area (Å²) in [6.07, 6.45) is 4.18.